The minimum absolute atomic E-state index is 1.10. The van der Waals surface area contributed by atoms with Crippen LogP contribution in [0.2, 0.25) is 0 Å². The van der Waals surface area contributed by atoms with Crippen LogP contribution in [-0.2, 0) is 0 Å². The predicted molar refractivity (Wildman–Crippen MR) is 106 cm³/mol. The molecule has 0 amide bonds. The van der Waals surface area contributed by atoms with Gasteiger partial charge < -0.3 is 0 Å². The summed E-state index contributed by atoms with van der Waals surface area (Å²) in [7, 11) is 0. The molecule has 0 nitrogen and oxygen atoms in total. The molecule has 0 saturated carbocycles. The fourth-order valence-electron chi connectivity index (χ4n) is 2.81. The Morgan fingerprint density at radius 3 is 1.19 bits per heavy atom. The van der Waals surface area contributed by atoms with Crippen molar-refractivity contribution in [1.29, 1.82) is 0 Å². The van der Waals surface area contributed by atoms with E-state index in [1.165, 1.54) is 103 Å². The van der Waals surface area contributed by atoms with Gasteiger partial charge in [-0.2, -0.15) is 0 Å². The molecule has 21 heavy (non-hydrogen) atoms. The molecule has 0 heterocycles. The maximum atomic E-state index is 3.13. The van der Waals surface area contributed by atoms with Crippen molar-refractivity contribution in [1.82, 2.24) is 0 Å². The third-order valence-corrected chi connectivity index (χ3v) is 4.60. The number of halogens is 1. The van der Waals surface area contributed by atoms with Gasteiger partial charge in [0.1, 0.15) is 0 Å². The van der Waals surface area contributed by atoms with Gasteiger partial charge in [0.25, 0.3) is 0 Å². The molecular weight excluding hydrogens is 367 g/mol. The van der Waals surface area contributed by atoms with E-state index in [0.717, 1.165) is 6.42 Å². The van der Waals surface area contributed by atoms with Gasteiger partial charge in [-0.3, -0.25) is 0 Å². The second-order valence-corrected chi connectivity index (χ2v) is 6.86. The van der Waals surface area contributed by atoms with Crippen LogP contribution in [0, 0.1) is 9.85 Å². The first-order valence-electron chi connectivity index (χ1n) is 9.50. The lowest BCUT2D eigenvalue weighted by Gasteiger charge is -2.03. The molecule has 0 fully saturated rings. The molecule has 0 atom stereocenters. The molecule has 0 aromatic carbocycles. The largest absolute Gasteiger partial charge is 0.0919 e. The average Bonchev–Trinajstić information content (AvgIpc) is 2.50. The summed E-state index contributed by atoms with van der Waals surface area (Å²) in [6.45, 7) is 2.29. The van der Waals surface area contributed by atoms with Crippen molar-refractivity contribution < 1.29 is 0 Å². The second kappa shape index (κ2) is 20.3. The van der Waals surface area contributed by atoms with Gasteiger partial charge in [0.05, 0.1) is 0 Å². The summed E-state index contributed by atoms with van der Waals surface area (Å²) in [4.78, 5) is 0. The average molecular weight is 404 g/mol. The molecule has 124 valence electrons. The maximum absolute atomic E-state index is 3.13. The SMILES string of the molecule is CCCCCCCCCCCCCCCCCCC#CI. The molecule has 0 aliphatic rings. The van der Waals surface area contributed by atoms with Crippen molar-refractivity contribution in [3.05, 3.63) is 0 Å². The van der Waals surface area contributed by atoms with Crippen LogP contribution in [0.4, 0.5) is 0 Å². The van der Waals surface area contributed by atoms with Crippen LogP contribution in [0.1, 0.15) is 116 Å². The smallest absolute Gasteiger partial charge is 0.0181 e. The Morgan fingerprint density at radius 1 is 0.524 bits per heavy atom. The molecule has 0 bridgehead atoms. The van der Waals surface area contributed by atoms with Gasteiger partial charge in [-0.1, -0.05) is 109 Å². The normalized spacial score (nSPS) is 10.4. The Morgan fingerprint density at radius 2 is 0.857 bits per heavy atom. The van der Waals surface area contributed by atoms with Crippen LogP contribution in [0.25, 0.3) is 0 Å². The third kappa shape index (κ3) is 20.3. The number of hydrogen-bond acceptors (Lipinski definition) is 0. The van der Waals surface area contributed by atoms with E-state index in [1.54, 1.807) is 0 Å². The molecule has 0 aliphatic carbocycles. The van der Waals surface area contributed by atoms with Crippen molar-refractivity contribution in [2.45, 2.75) is 116 Å². The molecule has 1 heteroatoms. The zero-order valence-corrected chi connectivity index (χ0v) is 16.6. The van der Waals surface area contributed by atoms with E-state index in [-0.39, 0.29) is 0 Å². The Hall–Kier alpha value is 0.290. The molecular formula is C20H37I. The fraction of sp³-hybridized carbons (Fsp3) is 0.900. The highest BCUT2D eigenvalue weighted by Crippen LogP contribution is 2.13. The highest BCUT2D eigenvalue weighted by Gasteiger charge is 1.94. The quantitative estimate of drug-likeness (QED) is 0.139. The summed E-state index contributed by atoms with van der Waals surface area (Å²) in [5.74, 6) is 3.13. The highest BCUT2D eigenvalue weighted by molar-refractivity contribution is 14.1. The van der Waals surface area contributed by atoms with Crippen LogP contribution >= 0.6 is 22.6 Å². The van der Waals surface area contributed by atoms with Crippen LogP contribution in [0.15, 0.2) is 0 Å². The zero-order valence-electron chi connectivity index (χ0n) is 14.4. The van der Waals surface area contributed by atoms with E-state index in [9.17, 15) is 0 Å². The molecule has 0 rings (SSSR count). The van der Waals surface area contributed by atoms with Gasteiger partial charge in [-0.25, -0.2) is 0 Å². The molecule has 0 aliphatic heterocycles. The van der Waals surface area contributed by atoms with Gasteiger partial charge in [0, 0.05) is 29.0 Å². The van der Waals surface area contributed by atoms with E-state index in [2.05, 4.69) is 39.4 Å². The van der Waals surface area contributed by atoms with Crippen molar-refractivity contribution in [3.63, 3.8) is 0 Å². The molecule has 0 aromatic heterocycles. The van der Waals surface area contributed by atoms with Gasteiger partial charge in [0.15, 0.2) is 0 Å². The third-order valence-electron chi connectivity index (χ3n) is 4.22. The van der Waals surface area contributed by atoms with Crippen molar-refractivity contribution in [2.75, 3.05) is 0 Å². The van der Waals surface area contributed by atoms with Gasteiger partial charge >= 0.3 is 0 Å². The van der Waals surface area contributed by atoms with E-state index in [4.69, 9.17) is 0 Å². The summed E-state index contributed by atoms with van der Waals surface area (Å²) in [5.41, 5.74) is 0. The molecule has 0 aromatic rings. The van der Waals surface area contributed by atoms with Gasteiger partial charge in [-0.05, 0) is 10.3 Å². The van der Waals surface area contributed by atoms with Gasteiger partial charge in [0.2, 0.25) is 0 Å². The summed E-state index contributed by atoms with van der Waals surface area (Å²) in [6, 6.07) is 0. The summed E-state index contributed by atoms with van der Waals surface area (Å²) >= 11 is 2.13. The zero-order chi connectivity index (χ0) is 15.4. The van der Waals surface area contributed by atoms with Crippen molar-refractivity contribution in [2.24, 2.45) is 0 Å². The molecule has 0 N–H and O–H groups in total. The Labute approximate surface area is 148 Å². The molecule has 0 unspecified atom stereocenters. The predicted octanol–water partition coefficient (Wildman–Crippen LogP) is 8.03. The first kappa shape index (κ1) is 21.3. The lowest BCUT2D eigenvalue weighted by molar-refractivity contribution is 0.530. The van der Waals surface area contributed by atoms with E-state index in [1.807, 2.05) is 0 Å². The highest BCUT2D eigenvalue weighted by atomic mass is 127. The number of unbranched alkanes of at least 4 members (excludes halogenated alkanes) is 16. The van der Waals surface area contributed by atoms with Gasteiger partial charge in [-0.15, -0.1) is 0 Å². The van der Waals surface area contributed by atoms with Crippen molar-refractivity contribution in [3.8, 4) is 9.85 Å². The second-order valence-electron chi connectivity index (χ2n) is 6.32. The molecule has 0 spiro atoms. The Balaban J connectivity index is 2.94. The fourth-order valence-corrected chi connectivity index (χ4v) is 3.08. The standard InChI is InChI=1S/C20H37I/c1-2-3-4-5-6-7-8-9-10-11-12-13-14-15-16-17-18-19-20-21/h2-18H2,1H3. The number of rotatable bonds is 16. The van der Waals surface area contributed by atoms with Crippen LogP contribution < -0.4 is 0 Å². The Kier molecular flexibility index (Phi) is 20.6. The van der Waals surface area contributed by atoms with E-state index >= 15 is 0 Å². The topological polar surface area (TPSA) is 0 Å². The minimum Gasteiger partial charge on any atom is -0.0919 e. The van der Waals surface area contributed by atoms with Crippen LogP contribution in [0.5, 0.6) is 0 Å². The van der Waals surface area contributed by atoms with E-state index in [0.29, 0.717) is 0 Å². The maximum Gasteiger partial charge on any atom is 0.0181 e. The van der Waals surface area contributed by atoms with Crippen LogP contribution in [0.3, 0.4) is 0 Å². The molecule has 0 radical (unpaired) electrons. The van der Waals surface area contributed by atoms with Crippen molar-refractivity contribution >= 4 is 22.6 Å². The first-order chi connectivity index (χ1) is 10.4. The van der Waals surface area contributed by atoms with Crippen LogP contribution in [-0.4, -0.2) is 0 Å². The number of hydrogen-bond donors (Lipinski definition) is 0. The van der Waals surface area contributed by atoms with E-state index < -0.39 is 0 Å². The summed E-state index contributed by atoms with van der Waals surface area (Å²) < 4.78 is 2.94. The molecule has 0 saturated heterocycles. The lowest BCUT2D eigenvalue weighted by atomic mass is 10.0. The first-order valence-corrected chi connectivity index (χ1v) is 10.6. The Bertz CT molecular complexity index is 236. The lowest BCUT2D eigenvalue weighted by Crippen LogP contribution is -1.83. The summed E-state index contributed by atoms with van der Waals surface area (Å²) in [6.07, 6.45) is 24.1. The monoisotopic (exact) mass is 404 g/mol. The minimum atomic E-state index is 1.10. The summed E-state index contributed by atoms with van der Waals surface area (Å²) in [5, 5.41) is 0.